The predicted octanol–water partition coefficient (Wildman–Crippen LogP) is 11.9. The van der Waals surface area contributed by atoms with E-state index in [-0.39, 0.29) is 0 Å². The number of pyridine rings is 1. The monoisotopic (exact) mass is 677 g/mol. The number of aromatic nitrogens is 5. The van der Waals surface area contributed by atoms with Crippen molar-refractivity contribution in [3.63, 3.8) is 0 Å². The Hall–Kier alpha value is -7.24. The minimum Gasteiger partial charge on any atom is -0.309 e. The number of hydrogen-bond acceptors (Lipinski definition) is 4. The molecule has 10 rings (SSSR count). The number of fused-ring (bicyclic) bond motifs is 4. The van der Waals surface area contributed by atoms with Crippen molar-refractivity contribution in [2.45, 2.75) is 0 Å². The third kappa shape index (κ3) is 5.43. The molecule has 10 aromatic rings. The summed E-state index contributed by atoms with van der Waals surface area (Å²) in [6.07, 6.45) is 1.86. The fourth-order valence-corrected chi connectivity index (χ4v) is 7.42. The molecule has 5 heteroatoms. The van der Waals surface area contributed by atoms with Gasteiger partial charge in [0.05, 0.1) is 16.6 Å². The maximum Gasteiger partial charge on any atom is 0.164 e. The molecule has 5 nitrogen and oxygen atoms in total. The van der Waals surface area contributed by atoms with Gasteiger partial charge in [0.15, 0.2) is 17.5 Å². The van der Waals surface area contributed by atoms with E-state index >= 15 is 0 Å². The standard InChI is InChI=1S/C48H31N5/c1-4-13-33(14-5-1)46-50-47(34-15-6-2-7-16-34)52-48(51-46)35-24-22-32(23-25-35)45-38(28-29-42-41(45)20-12-30-49-42)36-26-27-40-39-19-10-11-21-43(39)53(44(40)31-36)37-17-8-3-9-18-37/h1-31H. The van der Waals surface area contributed by atoms with E-state index in [4.69, 9.17) is 19.9 Å². The summed E-state index contributed by atoms with van der Waals surface area (Å²) in [5.41, 5.74) is 11.8. The molecule has 0 aliphatic carbocycles. The first-order valence-electron chi connectivity index (χ1n) is 17.7. The van der Waals surface area contributed by atoms with Crippen LogP contribution >= 0.6 is 0 Å². The fraction of sp³-hybridized carbons (Fsp3) is 0. The molecular formula is C48H31N5. The van der Waals surface area contributed by atoms with Crippen molar-refractivity contribution >= 4 is 32.7 Å². The van der Waals surface area contributed by atoms with E-state index in [2.05, 4.69) is 120 Å². The number of nitrogens with zero attached hydrogens (tertiary/aromatic N) is 5. The largest absolute Gasteiger partial charge is 0.309 e. The van der Waals surface area contributed by atoms with Crippen LogP contribution in [0.5, 0.6) is 0 Å². The van der Waals surface area contributed by atoms with Gasteiger partial charge in [-0.25, -0.2) is 15.0 Å². The SMILES string of the molecule is c1ccc(-c2nc(-c3ccccc3)nc(-c3ccc(-c4c(-c5ccc6c7ccccc7n(-c7ccccc7)c6c5)ccc5ncccc45)cc3)n2)cc1. The van der Waals surface area contributed by atoms with Gasteiger partial charge in [0.1, 0.15) is 0 Å². The maximum absolute atomic E-state index is 4.96. The van der Waals surface area contributed by atoms with Gasteiger partial charge in [-0.05, 0) is 58.7 Å². The van der Waals surface area contributed by atoms with Gasteiger partial charge in [-0.3, -0.25) is 4.98 Å². The molecule has 0 aliphatic rings. The predicted molar refractivity (Wildman–Crippen MR) is 217 cm³/mol. The molecule has 0 radical (unpaired) electrons. The maximum atomic E-state index is 4.96. The van der Waals surface area contributed by atoms with Crippen molar-refractivity contribution < 1.29 is 0 Å². The van der Waals surface area contributed by atoms with E-state index in [0.717, 1.165) is 55.5 Å². The number of rotatable bonds is 6. The summed E-state index contributed by atoms with van der Waals surface area (Å²) in [5.74, 6) is 1.91. The second-order valence-corrected chi connectivity index (χ2v) is 13.1. The molecule has 0 atom stereocenters. The van der Waals surface area contributed by atoms with Crippen LogP contribution in [0, 0.1) is 0 Å². The molecule has 0 saturated heterocycles. The Labute approximate surface area is 306 Å². The molecule has 7 aromatic carbocycles. The van der Waals surface area contributed by atoms with E-state index in [1.165, 1.54) is 21.8 Å². The molecule has 248 valence electrons. The van der Waals surface area contributed by atoms with Crippen LogP contribution in [-0.2, 0) is 0 Å². The van der Waals surface area contributed by atoms with E-state index in [0.29, 0.717) is 17.5 Å². The third-order valence-corrected chi connectivity index (χ3v) is 9.92. The third-order valence-electron chi connectivity index (χ3n) is 9.92. The zero-order chi connectivity index (χ0) is 35.1. The molecule has 3 heterocycles. The normalized spacial score (nSPS) is 11.4. The molecular weight excluding hydrogens is 647 g/mol. The van der Waals surface area contributed by atoms with E-state index in [1.807, 2.05) is 72.9 Å². The van der Waals surface area contributed by atoms with Crippen LogP contribution in [0.4, 0.5) is 0 Å². The Balaban J connectivity index is 1.13. The molecule has 0 unspecified atom stereocenters. The molecule has 0 amide bonds. The van der Waals surface area contributed by atoms with Crippen LogP contribution in [0.15, 0.2) is 188 Å². The van der Waals surface area contributed by atoms with Crippen LogP contribution in [0.3, 0.4) is 0 Å². The molecule has 0 spiro atoms. The lowest BCUT2D eigenvalue weighted by molar-refractivity contribution is 1.07. The molecule has 0 saturated carbocycles. The zero-order valence-electron chi connectivity index (χ0n) is 28.6. The number of hydrogen-bond donors (Lipinski definition) is 0. The van der Waals surface area contributed by atoms with Crippen molar-refractivity contribution in [1.82, 2.24) is 24.5 Å². The average Bonchev–Trinajstić information content (AvgIpc) is 3.58. The lowest BCUT2D eigenvalue weighted by Gasteiger charge is -2.15. The van der Waals surface area contributed by atoms with Gasteiger partial charge in [0, 0.05) is 44.7 Å². The molecule has 3 aromatic heterocycles. The van der Waals surface area contributed by atoms with E-state index in [1.54, 1.807) is 0 Å². The molecule has 0 fully saturated rings. The van der Waals surface area contributed by atoms with Crippen LogP contribution in [0.1, 0.15) is 0 Å². The second-order valence-electron chi connectivity index (χ2n) is 13.1. The molecule has 53 heavy (non-hydrogen) atoms. The smallest absolute Gasteiger partial charge is 0.164 e. The van der Waals surface area contributed by atoms with Crippen LogP contribution in [0.25, 0.3) is 94.8 Å². The first-order chi connectivity index (χ1) is 26.3. The van der Waals surface area contributed by atoms with Crippen molar-refractivity contribution in [3.8, 4) is 62.1 Å². The summed E-state index contributed by atoms with van der Waals surface area (Å²) in [6, 6.07) is 63.3. The van der Waals surface area contributed by atoms with Gasteiger partial charge in [0.2, 0.25) is 0 Å². The zero-order valence-corrected chi connectivity index (χ0v) is 28.6. The highest BCUT2D eigenvalue weighted by atomic mass is 15.0. The Morgan fingerprint density at radius 2 is 0.887 bits per heavy atom. The quantitative estimate of drug-likeness (QED) is 0.176. The van der Waals surface area contributed by atoms with Gasteiger partial charge in [-0.15, -0.1) is 0 Å². The highest BCUT2D eigenvalue weighted by Gasteiger charge is 2.18. The summed E-state index contributed by atoms with van der Waals surface area (Å²) in [6.45, 7) is 0. The minimum atomic E-state index is 0.628. The lowest BCUT2D eigenvalue weighted by Crippen LogP contribution is -2.00. The summed E-state index contributed by atoms with van der Waals surface area (Å²) in [5, 5.41) is 3.56. The summed E-state index contributed by atoms with van der Waals surface area (Å²) >= 11 is 0. The van der Waals surface area contributed by atoms with Gasteiger partial charge in [-0.1, -0.05) is 146 Å². The van der Waals surface area contributed by atoms with Crippen molar-refractivity contribution in [1.29, 1.82) is 0 Å². The van der Waals surface area contributed by atoms with Crippen LogP contribution < -0.4 is 0 Å². The number of para-hydroxylation sites is 2. The molecule has 0 aliphatic heterocycles. The summed E-state index contributed by atoms with van der Waals surface area (Å²) in [4.78, 5) is 19.5. The van der Waals surface area contributed by atoms with Crippen molar-refractivity contribution in [2.75, 3.05) is 0 Å². The topological polar surface area (TPSA) is 56.5 Å². The summed E-state index contributed by atoms with van der Waals surface area (Å²) < 4.78 is 2.37. The van der Waals surface area contributed by atoms with Crippen molar-refractivity contribution in [3.05, 3.63) is 188 Å². The van der Waals surface area contributed by atoms with Gasteiger partial charge in [-0.2, -0.15) is 0 Å². The number of benzene rings is 7. The molecule has 0 N–H and O–H groups in total. The van der Waals surface area contributed by atoms with Gasteiger partial charge >= 0.3 is 0 Å². The molecule has 0 bridgehead atoms. The van der Waals surface area contributed by atoms with Crippen LogP contribution in [0.2, 0.25) is 0 Å². The average molecular weight is 678 g/mol. The Morgan fingerprint density at radius 3 is 1.57 bits per heavy atom. The lowest BCUT2D eigenvalue weighted by atomic mass is 9.90. The Morgan fingerprint density at radius 1 is 0.358 bits per heavy atom. The van der Waals surface area contributed by atoms with Crippen molar-refractivity contribution in [2.24, 2.45) is 0 Å². The fourth-order valence-electron chi connectivity index (χ4n) is 7.42. The van der Waals surface area contributed by atoms with Crippen LogP contribution in [-0.4, -0.2) is 24.5 Å². The Kier molecular flexibility index (Phi) is 7.40. The first-order valence-corrected chi connectivity index (χ1v) is 17.7. The van der Waals surface area contributed by atoms with Gasteiger partial charge in [0.25, 0.3) is 0 Å². The van der Waals surface area contributed by atoms with Gasteiger partial charge < -0.3 is 4.57 Å². The Bertz CT molecular complexity index is 2860. The van der Waals surface area contributed by atoms with E-state index < -0.39 is 0 Å². The minimum absolute atomic E-state index is 0.628. The highest BCUT2D eigenvalue weighted by Crippen LogP contribution is 2.41. The first kappa shape index (κ1) is 30.6. The summed E-state index contributed by atoms with van der Waals surface area (Å²) in [7, 11) is 0. The van der Waals surface area contributed by atoms with E-state index in [9.17, 15) is 0 Å². The second kappa shape index (κ2) is 12.8. The highest BCUT2D eigenvalue weighted by molar-refractivity contribution is 6.11.